The van der Waals surface area contributed by atoms with Gasteiger partial charge in [0, 0.05) is 13.1 Å². The minimum Gasteiger partial charge on any atom is -0.388 e. The monoisotopic (exact) mass is 188 g/mol. The molecule has 0 aliphatic carbocycles. The molecule has 0 heterocycles. The summed E-state index contributed by atoms with van der Waals surface area (Å²) in [5.41, 5.74) is -0.759. The maximum absolute atomic E-state index is 11.0. The van der Waals surface area contributed by atoms with Gasteiger partial charge < -0.3 is 15.7 Å². The van der Waals surface area contributed by atoms with Crippen molar-refractivity contribution in [3.63, 3.8) is 0 Å². The van der Waals surface area contributed by atoms with Crippen molar-refractivity contribution >= 4 is 6.03 Å². The van der Waals surface area contributed by atoms with E-state index in [2.05, 4.69) is 10.6 Å². The van der Waals surface area contributed by atoms with Crippen molar-refractivity contribution in [3.8, 4) is 0 Å². The fourth-order valence-corrected chi connectivity index (χ4v) is 0.968. The van der Waals surface area contributed by atoms with Crippen molar-refractivity contribution < 1.29 is 9.90 Å². The van der Waals surface area contributed by atoms with Crippen LogP contribution in [0.25, 0.3) is 0 Å². The summed E-state index contributed by atoms with van der Waals surface area (Å²) in [4.78, 5) is 11.0. The fourth-order valence-electron chi connectivity index (χ4n) is 0.968. The molecule has 3 N–H and O–H groups in total. The van der Waals surface area contributed by atoms with E-state index in [-0.39, 0.29) is 6.03 Å². The first kappa shape index (κ1) is 12.2. The molecule has 2 amide bonds. The molecule has 0 bridgehead atoms. The van der Waals surface area contributed by atoms with Gasteiger partial charge in [-0.25, -0.2) is 4.79 Å². The average molecular weight is 188 g/mol. The molecule has 13 heavy (non-hydrogen) atoms. The van der Waals surface area contributed by atoms with E-state index in [1.807, 2.05) is 20.8 Å². The maximum Gasteiger partial charge on any atom is 0.314 e. The number of urea groups is 1. The van der Waals surface area contributed by atoms with Gasteiger partial charge >= 0.3 is 6.03 Å². The molecule has 0 aliphatic heterocycles. The lowest BCUT2D eigenvalue weighted by Gasteiger charge is -2.25. The summed E-state index contributed by atoms with van der Waals surface area (Å²) in [5, 5.41) is 15.0. The SMILES string of the molecule is CCNC(=O)NCC(O)(CC)CC. The van der Waals surface area contributed by atoms with Crippen LogP contribution in [0.5, 0.6) is 0 Å². The predicted octanol–water partition coefficient (Wildman–Crippen LogP) is 0.857. The lowest BCUT2D eigenvalue weighted by atomic mass is 9.98. The van der Waals surface area contributed by atoms with Crippen molar-refractivity contribution in [2.45, 2.75) is 39.2 Å². The van der Waals surface area contributed by atoms with Crippen molar-refractivity contribution in [1.29, 1.82) is 0 Å². The van der Waals surface area contributed by atoms with Crippen molar-refractivity contribution in [3.05, 3.63) is 0 Å². The van der Waals surface area contributed by atoms with E-state index in [9.17, 15) is 9.90 Å². The molecule has 0 fully saturated rings. The maximum atomic E-state index is 11.0. The van der Waals surface area contributed by atoms with Gasteiger partial charge in [0.2, 0.25) is 0 Å². The summed E-state index contributed by atoms with van der Waals surface area (Å²) in [5.74, 6) is 0. The lowest BCUT2D eigenvalue weighted by molar-refractivity contribution is 0.0350. The molecule has 4 nitrogen and oxygen atoms in total. The second-order valence-corrected chi connectivity index (χ2v) is 3.14. The Morgan fingerprint density at radius 2 is 1.77 bits per heavy atom. The molecule has 0 atom stereocenters. The zero-order valence-electron chi connectivity index (χ0n) is 8.68. The molecule has 0 rings (SSSR count). The van der Waals surface area contributed by atoms with Gasteiger partial charge in [0.25, 0.3) is 0 Å². The summed E-state index contributed by atoms with van der Waals surface area (Å²) in [7, 11) is 0. The van der Waals surface area contributed by atoms with Gasteiger partial charge in [-0.1, -0.05) is 13.8 Å². The van der Waals surface area contributed by atoms with E-state index in [0.717, 1.165) is 0 Å². The van der Waals surface area contributed by atoms with E-state index >= 15 is 0 Å². The van der Waals surface area contributed by atoms with Crippen LogP contribution in [0.4, 0.5) is 4.79 Å². The molecule has 0 spiro atoms. The van der Waals surface area contributed by atoms with Crippen LogP contribution in [0.3, 0.4) is 0 Å². The third-order valence-electron chi connectivity index (χ3n) is 2.23. The first-order valence-corrected chi connectivity index (χ1v) is 4.82. The van der Waals surface area contributed by atoms with Crippen LogP contribution in [0, 0.1) is 0 Å². The first-order valence-electron chi connectivity index (χ1n) is 4.82. The van der Waals surface area contributed by atoms with Crippen LogP contribution in [0.15, 0.2) is 0 Å². The number of carbonyl (C=O) groups is 1. The Kier molecular flexibility index (Phi) is 5.46. The standard InChI is InChI=1S/C9H20N2O2/c1-4-9(13,5-2)7-11-8(12)10-6-3/h13H,4-7H2,1-3H3,(H2,10,11,12). The number of carbonyl (C=O) groups excluding carboxylic acids is 1. The summed E-state index contributed by atoms with van der Waals surface area (Å²) in [6.45, 7) is 6.57. The van der Waals surface area contributed by atoms with E-state index in [4.69, 9.17) is 0 Å². The second kappa shape index (κ2) is 5.80. The van der Waals surface area contributed by atoms with Crippen LogP contribution >= 0.6 is 0 Å². The largest absolute Gasteiger partial charge is 0.388 e. The third-order valence-corrected chi connectivity index (χ3v) is 2.23. The number of rotatable bonds is 5. The van der Waals surface area contributed by atoms with Crippen LogP contribution in [0.1, 0.15) is 33.6 Å². The molecule has 0 saturated heterocycles. The normalized spacial score (nSPS) is 11.1. The van der Waals surface area contributed by atoms with Gasteiger partial charge in [-0.2, -0.15) is 0 Å². The van der Waals surface area contributed by atoms with E-state index in [1.54, 1.807) is 0 Å². The Hall–Kier alpha value is -0.770. The molecule has 78 valence electrons. The minimum absolute atomic E-state index is 0.220. The average Bonchev–Trinajstić information content (AvgIpc) is 2.15. The molecule has 0 aromatic heterocycles. The van der Waals surface area contributed by atoms with Crippen LogP contribution in [-0.4, -0.2) is 29.8 Å². The van der Waals surface area contributed by atoms with Gasteiger partial charge in [-0.15, -0.1) is 0 Å². The quantitative estimate of drug-likeness (QED) is 0.599. The molecule has 0 aromatic carbocycles. The highest BCUT2D eigenvalue weighted by molar-refractivity contribution is 5.73. The molecular weight excluding hydrogens is 168 g/mol. The summed E-state index contributed by atoms with van der Waals surface area (Å²) in [6.07, 6.45) is 1.30. The van der Waals surface area contributed by atoms with Crippen molar-refractivity contribution in [2.24, 2.45) is 0 Å². The highest BCUT2D eigenvalue weighted by atomic mass is 16.3. The van der Waals surface area contributed by atoms with Crippen LogP contribution in [-0.2, 0) is 0 Å². The van der Waals surface area contributed by atoms with Gasteiger partial charge in [0.1, 0.15) is 0 Å². The summed E-state index contributed by atoms with van der Waals surface area (Å²) >= 11 is 0. The van der Waals surface area contributed by atoms with E-state index < -0.39 is 5.60 Å². The Morgan fingerprint density at radius 3 is 2.15 bits per heavy atom. The predicted molar refractivity (Wildman–Crippen MR) is 52.6 cm³/mol. The van der Waals surface area contributed by atoms with Crippen molar-refractivity contribution in [2.75, 3.05) is 13.1 Å². The molecule has 0 radical (unpaired) electrons. The van der Waals surface area contributed by atoms with Gasteiger partial charge in [-0.05, 0) is 19.8 Å². The molecule has 0 unspecified atom stereocenters. The number of amides is 2. The van der Waals surface area contributed by atoms with E-state index in [0.29, 0.717) is 25.9 Å². The zero-order valence-corrected chi connectivity index (χ0v) is 8.68. The fraction of sp³-hybridized carbons (Fsp3) is 0.889. The third kappa shape index (κ3) is 4.72. The molecule has 0 aromatic rings. The zero-order chi connectivity index (χ0) is 10.3. The number of hydrogen-bond donors (Lipinski definition) is 3. The summed E-state index contributed by atoms with van der Waals surface area (Å²) in [6, 6.07) is -0.220. The molecule has 4 heteroatoms. The smallest absolute Gasteiger partial charge is 0.314 e. The Bertz CT molecular complexity index is 156. The Balaban J connectivity index is 3.78. The highest BCUT2D eigenvalue weighted by Gasteiger charge is 2.22. The molecule has 0 saturated carbocycles. The van der Waals surface area contributed by atoms with Gasteiger partial charge in [0.15, 0.2) is 0 Å². The van der Waals surface area contributed by atoms with Gasteiger partial charge in [0.05, 0.1) is 5.60 Å². The summed E-state index contributed by atoms with van der Waals surface area (Å²) < 4.78 is 0. The van der Waals surface area contributed by atoms with E-state index in [1.165, 1.54) is 0 Å². The van der Waals surface area contributed by atoms with Crippen molar-refractivity contribution in [1.82, 2.24) is 10.6 Å². The molecule has 0 aliphatic rings. The minimum atomic E-state index is -0.759. The highest BCUT2D eigenvalue weighted by Crippen LogP contribution is 2.12. The lowest BCUT2D eigenvalue weighted by Crippen LogP contribution is -2.45. The second-order valence-electron chi connectivity index (χ2n) is 3.14. The van der Waals surface area contributed by atoms with Crippen LogP contribution in [0.2, 0.25) is 0 Å². The topological polar surface area (TPSA) is 61.4 Å². The Labute approximate surface area is 79.7 Å². The first-order chi connectivity index (χ1) is 6.08. The molecular formula is C9H20N2O2. The number of aliphatic hydroxyl groups is 1. The number of hydrogen-bond acceptors (Lipinski definition) is 2. The Morgan fingerprint density at radius 1 is 1.23 bits per heavy atom. The van der Waals surface area contributed by atoms with Gasteiger partial charge in [-0.3, -0.25) is 0 Å². The van der Waals surface area contributed by atoms with Crippen LogP contribution < -0.4 is 10.6 Å². The number of nitrogens with one attached hydrogen (secondary N) is 2.